The van der Waals surface area contributed by atoms with Crippen LogP contribution in [0.1, 0.15) is 91.0 Å². The van der Waals surface area contributed by atoms with Gasteiger partial charge < -0.3 is 19.3 Å². The first-order valence-corrected chi connectivity index (χ1v) is 30.9. The Morgan fingerprint density at radius 3 is 0.885 bits per heavy atom. The molecule has 0 fully saturated rings. The molecule has 432 valence electrons. The summed E-state index contributed by atoms with van der Waals surface area (Å²) in [6.07, 6.45) is 16.5. The lowest BCUT2D eigenvalue weighted by atomic mass is 9.96. The molecule has 0 amide bonds. The van der Waals surface area contributed by atoms with Crippen LogP contribution in [-0.2, 0) is 19.3 Å². The fourth-order valence-corrected chi connectivity index (χ4v) is 11.5. The van der Waals surface area contributed by atoms with Gasteiger partial charge in [-0.3, -0.25) is 0 Å². The van der Waals surface area contributed by atoms with Crippen molar-refractivity contribution >= 4 is 58.4 Å². The molecule has 0 aromatic heterocycles. The van der Waals surface area contributed by atoms with Crippen molar-refractivity contribution in [1.82, 2.24) is 0 Å². The summed E-state index contributed by atoms with van der Waals surface area (Å²) in [5, 5.41) is 0. The molecule has 0 aliphatic heterocycles. The van der Waals surface area contributed by atoms with E-state index in [9.17, 15) is 0 Å². The summed E-state index contributed by atoms with van der Waals surface area (Å²) >= 11 is 0. The highest BCUT2D eigenvalue weighted by Gasteiger charge is 2.19. The third-order valence-corrected chi connectivity index (χ3v) is 16.6. The van der Waals surface area contributed by atoms with Crippen LogP contribution in [0.25, 0.3) is 68.8 Å². The molecule has 0 radical (unpaired) electrons. The topological polar surface area (TPSA) is 24.9 Å². The molecule has 0 atom stereocenters. The Kier molecular flexibility index (Phi) is 19.2. The first-order chi connectivity index (χ1) is 42.8. The van der Waals surface area contributed by atoms with E-state index in [0.717, 1.165) is 75.8 Å². The highest BCUT2D eigenvalue weighted by Crippen LogP contribution is 2.41. The van der Waals surface area contributed by atoms with Crippen LogP contribution in [0.15, 0.2) is 255 Å². The third kappa shape index (κ3) is 14.4. The maximum absolute atomic E-state index is 5.36. The lowest BCUT2D eigenvalue weighted by Crippen LogP contribution is -2.12. The smallest absolute Gasteiger partial charge is 0.118 e. The van der Waals surface area contributed by atoms with Gasteiger partial charge in [0.1, 0.15) is 11.5 Å². The Balaban J connectivity index is 0.771. The van der Waals surface area contributed by atoms with Crippen molar-refractivity contribution in [1.29, 1.82) is 0 Å². The van der Waals surface area contributed by atoms with Crippen LogP contribution in [0, 0.1) is 6.92 Å². The zero-order valence-corrected chi connectivity index (χ0v) is 51.2. The van der Waals surface area contributed by atoms with Crippen molar-refractivity contribution < 1.29 is 9.47 Å². The van der Waals surface area contributed by atoms with Gasteiger partial charge in [-0.05, 0) is 213 Å². The van der Waals surface area contributed by atoms with Gasteiger partial charge in [0.25, 0.3) is 0 Å². The van der Waals surface area contributed by atoms with Gasteiger partial charge in [-0.25, -0.2) is 0 Å². The largest absolute Gasteiger partial charge is 0.497 e. The summed E-state index contributed by atoms with van der Waals surface area (Å²) in [7, 11) is 3.39. The molecule has 11 aromatic carbocycles. The van der Waals surface area contributed by atoms with Crippen molar-refractivity contribution in [3.8, 4) is 56.0 Å². The summed E-state index contributed by atoms with van der Waals surface area (Å²) in [6, 6.07) is 93.0. The highest BCUT2D eigenvalue weighted by molar-refractivity contribution is 5.84. The molecule has 11 aromatic rings. The normalized spacial score (nSPS) is 11.3. The Morgan fingerprint density at radius 1 is 0.310 bits per heavy atom. The Morgan fingerprint density at radius 2 is 0.586 bits per heavy atom. The van der Waals surface area contributed by atoms with E-state index in [1.807, 2.05) is 24.3 Å². The standard InChI is InChI=1S/C83H78N2O2/c1-7-10-12-65-26-56-82(60(4)58-65)84(76-44-18-61(19-45-76)14-16-63-22-52-80(86-5)53-23-63)78-48-40-74(41-49-78)72-36-32-70(33-37-72)68-28-30-69(31-29-68)71-34-38-73(39-35-71)75-42-50-79(51-43-75)85(83-57-27-66(13-11-8-2)59-67(83)9-3)77-46-20-62(21-47-77)15-17-64-24-54-81(87-6)55-25-64/h14-59H,7-13H2,1-6H3/b16-14+,17-15+. The number of hydrogen-bond acceptors (Lipinski definition) is 4. The average molecular weight is 1140 g/mol. The number of ether oxygens (including phenoxy) is 2. The van der Waals surface area contributed by atoms with E-state index >= 15 is 0 Å². The van der Waals surface area contributed by atoms with Gasteiger partial charge in [-0.15, -0.1) is 0 Å². The number of hydrogen-bond donors (Lipinski definition) is 0. The monoisotopic (exact) mass is 1130 g/mol. The van der Waals surface area contributed by atoms with Gasteiger partial charge in [-0.1, -0.05) is 228 Å². The Labute approximate surface area is 517 Å². The van der Waals surface area contributed by atoms with Crippen LogP contribution in [0.2, 0.25) is 0 Å². The molecular weight excluding hydrogens is 1060 g/mol. The summed E-state index contributed by atoms with van der Waals surface area (Å²) < 4.78 is 10.7. The maximum atomic E-state index is 5.36. The number of anilines is 6. The molecule has 0 N–H and O–H groups in total. The van der Waals surface area contributed by atoms with E-state index < -0.39 is 0 Å². The molecule has 0 unspecified atom stereocenters. The zero-order valence-electron chi connectivity index (χ0n) is 51.2. The molecule has 4 nitrogen and oxygen atoms in total. The van der Waals surface area contributed by atoms with E-state index in [1.54, 1.807) is 14.2 Å². The van der Waals surface area contributed by atoms with E-state index in [-0.39, 0.29) is 0 Å². The van der Waals surface area contributed by atoms with Crippen molar-refractivity contribution in [3.63, 3.8) is 0 Å². The van der Waals surface area contributed by atoms with Gasteiger partial charge in [0.05, 0.1) is 14.2 Å². The van der Waals surface area contributed by atoms with Gasteiger partial charge in [0.15, 0.2) is 0 Å². The molecule has 0 saturated heterocycles. The van der Waals surface area contributed by atoms with Gasteiger partial charge in [0.2, 0.25) is 0 Å². The summed E-state index contributed by atoms with van der Waals surface area (Å²) in [4.78, 5) is 4.80. The molecule has 0 bridgehead atoms. The van der Waals surface area contributed by atoms with Crippen LogP contribution >= 0.6 is 0 Å². The van der Waals surface area contributed by atoms with Crippen LogP contribution < -0.4 is 19.3 Å². The van der Waals surface area contributed by atoms with Crippen LogP contribution in [0.3, 0.4) is 0 Å². The zero-order chi connectivity index (χ0) is 59.9. The maximum Gasteiger partial charge on any atom is 0.118 e. The van der Waals surface area contributed by atoms with Gasteiger partial charge in [-0.2, -0.15) is 0 Å². The lowest BCUT2D eigenvalue weighted by molar-refractivity contribution is 0.414. The van der Waals surface area contributed by atoms with Crippen molar-refractivity contribution in [2.75, 3.05) is 24.0 Å². The van der Waals surface area contributed by atoms with E-state index in [1.165, 1.54) is 104 Å². The second kappa shape index (κ2) is 28.3. The summed E-state index contributed by atoms with van der Waals surface area (Å²) in [6.45, 7) is 9.02. The number of rotatable bonds is 23. The van der Waals surface area contributed by atoms with E-state index in [2.05, 4.69) is 292 Å². The number of benzene rings is 11. The average Bonchev–Trinajstić information content (AvgIpc) is 3.66. The predicted octanol–water partition coefficient (Wildman–Crippen LogP) is 23.2. The molecule has 11 rings (SSSR count). The summed E-state index contributed by atoms with van der Waals surface area (Å²) in [5.41, 5.74) is 26.3. The quantitative estimate of drug-likeness (QED) is 0.0596. The first-order valence-electron chi connectivity index (χ1n) is 30.9. The minimum Gasteiger partial charge on any atom is -0.497 e. The lowest BCUT2D eigenvalue weighted by Gasteiger charge is -2.28. The molecule has 0 saturated carbocycles. The fourth-order valence-electron chi connectivity index (χ4n) is 11.5. The van der Waals surface area contributed by atoms with Crippen molar-refractivity contribution in [2.24, 2.45) is 0 Å². The third-order valence-electron chi connectivity index (χ3n) is 16.6. The molecule has 4 heteroatoms. The molecule has 0 aliphatic carbocycles. The number of methoxy groups -OCH3 is 2. The van der Waals surface area contributed by atoms with Crippen LogP contribution in [0.4, 0.5) is 34.1 Å². The van der Waals surface area contributed by atoms with Crippen LogP contribution in [0.5, 0.6) is 11.5 Å². The Hall–Kier alpha value is -9.90. The summed E-state index contributed by atoms with van der Waals surface area (Å²) in [5.74, 6) is 1.72. The fraction of sp³-hybridized carbons (Fsp3) is 0.157. The van der Waals surface area contributed by atoms with Gasteiger partial charge >= 0.3 is 0 Å². The van der Waals surface area contributed by atoms with Gasteiger partial charge in [0, 0.05) is 34.1 Å². The van der Waals surface area contributed by atoms with E-state index in [4.69, 9.17) is 9.47 Å². The van der Waals surface area contributed by atoms with E-state index in [0.29, 0.717) is 0 Å². The first kappa shape index (κ1) is 58.9. The predicted molar refractivity (Wildman–Crippen MR) is 373 cm³/mol. The van der Waals surface area contributed by atoms with Crippen molar-refractivity contribution in [2.45, 2.75) is 72.6 Å². The molecule has 87 heavy (non-hydrogen) atoms. The van der Waals surface area contributed by atoms with Crippen LogP contribution in [-0.4, -0.2) is 14.2 Å². The second-order valence-corrected chi connectivity index (χ2v) is 22.5. The number of nitrogens with zero attached hydrogens (tertiary/aromatic N) is 2. The number of aryl methyl sites for hydroxylation is 4. The minimum atomic E-state index is 0.857. The second-order valence-electron chi connectivity index (χ2n) is 22.5. The molecule has 0 spiro atoms. The molecule has 0 heterocycles. The number of unbranched alkanes of at least 4 members (excludes halogenated alkanes) is 2. The van der Waals surface area contributed by atoms with Crippen molar-refractivity contribution in [3.05, 3.63) is 299 Å². The Bertz CT molecular complexity index is 4050. The molecule has 0 aliphatic rings. The molecular formula is C83H78N2O2. The SMILES string of the molecule is CCCCc1ccc(N(c2ccc(/C=C/c3ccc(OC)cc3)cc2)c2ccc(-c3ccc(-c4ccc(-c5ccc(-c6ccc(N(c7ccc(/C=C/c8ccc(OC)cc8)cc7)c7ccc(CCCC)cc7CC)cc6)cc5)cc4)cc3)cc2)c(C)c1. The highest BCUT2D eigenvalue weighted by atomic mass is 16.5. The minimum absolute atomic E-state index is 0.857.